The Kier molecular flexibility index (Phi) is 3.99. The Bertz CT molecular complexity index is 520. The van der Waals surface area contributed by atoms with Gasteiger partial charge in [0, 0.05) is 24.6 Å². The van der Waals surface area contributed by atoms with Crippen LogP contribution < -0.4 is 10.9 Å². The zero-order valence-corrected chi connectivity index (χ0v) is 11.1. The number of nitrogens with one attached hydrogen (secondary N) is 1. The highest BCUT2D eigenvalue weighted by Gasteiger charge is 2.42. The molecule has 0 atom stereocenters. The average Bonchev–Trinajstić information content (AvgIpc) is 3.19. The van der Waals surface area contributed by atoms with E-state index in [9.17, 15) is 14.7 Å². The minimum atomic E-state index is -0.301. The number of nitrogens with zero attached hydrogens (tertiary/aromatic N) is 2. The zero-order chi connectivity index (χ0) is 13.9. The molecular formula is C13H19N3O3. The van der Waals surface area contributed by atoms with E-state index < -0.39 is 0 Å². The lowest BCUT2D eigenvalue weighted by Crippen LogP contribution is -2.34. The minimum Gasteiger partial charge on any atom is -0.396 e. The molecule has 1 aromatic rings. The SMILES string of the molecule is CCCn1nc(C(=O)NCC2(CO)CC2)ccc1=O. The van der Waals surface area contributed by atoms with Gasteiger partial charge in [-0.1, -0.05) is 6.92 Å². The highest BCUT2D eigenvalue weighted by Crippen LogP contribution is 2.44. The molecule has 6 nitrogen and oxygen atoms in total. The maximum Gasteiger partial charge on any atom is 0.271 e. The summed E-state index contributed by atoms with van der Waals surface area (Å²) >= 11 is 0. The number of carbonyl (C=O) groups is 1. The predicted molar refractivity (Wildman–Crippen MR) is 69.9 cm³/mol. The Morgan fingerprint density at radius 1 is 1.53 bits per heavy atom. The van der Waals surface area contributed by atoms with Crippen LogP contribution in [0.2, 0.25) is 0 Å². The molecule has 1 aliphatic carbocycles. The van der Waals surface area contributed by atoms with Crippen LogP contribution in [-0.4, -0.2) is 33.9 Å². The second-order valence-corrected chi connectivity index (χ2v) is 5.12. The number of carbonyl (C=O) groups excluding carboxylic acids is 1. The molecule has 0 aliphatic heterocycles. The molecule has 1 amide bonds. The molecule has 0 bridgehead atoms. The summed E-state index contributed by atoms with van der Waals surface area (Å²) in [5.41, 5.74) is -0.0951. The molecule has 1 saturated carbocycles. The van der Waals surface area contributed by atoms with Crippen molar-refractivity contribution in [2.75, 3.05) is 13.2 Å². The quantitative estimate of drug-likeness (QED) is 0.767. The molecule has 0 saturated heterocycles. The van der Waals surface area contributed by atoms with Crippen LogP contribution in [0.1, 0.15) is 36.7 Å². The van der Waals surface area contributed by atoms with Crippen LogP contribution in [0.5, 0.6) is 0 Å². The van der Waals surface area contributed by atoms with Crippen LogP contribution in [0, 0.1) is 5.41 Å². The van der Waals surface area contributed by atoms with Crippen molar-refractivity contribution in [3.05, 3.63) is 28.2 Å². The lowest BCUT2D eigenvalue weighted by Gasteiger charge is -2.12. The van der Waals surface area contributed by atoms with Gasteiger partial charge < -0.3 is 10.4 Å². The van der Waals surface area contributed by atoms with Gasteiger partial charge in [-0.3, -0.25) is 9.59 Å². The van der Waals surface area contributed by atoms with Gasteiger partial charge >= 0.3 is 0 Å². The Hall–Kier alpha value is -1.69. The van der Waals surface area contributed by atoms with Gasteiger partial charge in [0.15, 0.2) is 0 Å². The first-order chi connectivity index (χ1) is 9.10. The molecule has 0 radical (unpaired) electrons. The average molecular weight is 265 g/mol. The molecule has 104 valence electrons. The van der Waals surface area contributed by atoms with E-state index in [1.54, 1.807) is 0 Å². The van der Waals surface area contributed by atoms with Crippen molar-refractivity contribution in [2.24, 2.45) is 5.41 Å². The lowest BCUT2D eigenvalue weighted by atomic mass is 10.1. The lowest BCUT2D eigenvalue weighted by molar-refractivity contribution is 0.0927. The zero-order valence-electron chi connectivity index (χ0n) is 11.1. The van der Waals surface area contributed by atoms with Crippen LogP contribution >= 0.6 is 0 Å². The molecule has 19 heavy (non-hydrogen) atoms. The third kappa shape index (κ3) is 3.20. The number of aliphatic hydroxyl groups is 1. The Balaban J connectivity index is 2.02. The molecule has 1 fully saturated rings. The largest absolute Gasteiger partial charge is 0.396 e. The molecule has 1 aromatic heterocycles. The van der Waals surface area contributed by atoms with Crippen molar-refractivity contribution in [2.45, 2.75) is 32.7 Å². The molecule has 0 aromatic carbocycles. The van der Waals surface area contributed by atoms with Gasteiger partial charge in [0.2, 0.25) is 0 Å². The number of hydrogen-bond acceptors (Lipinski definition) is 4. The van der Waals surface area contributed by atoms with Gasteiger partial charge in [0.25, 0.3) is 11.5 Å². The first-order valence-corrected chi connectivity index (χ1v) is 6.57. The van der Waals surface area contributed by atoms with Gasteiger partial charge in [-0.15, -0.1) is 0 Å². The van der Waals surface area contributed by atoms with Gasteiger partial charge in [-0.2, -0.15) is 5.10 Å². The Labute approximate surface area is 111 Å². The van der Waals surface area contributed by atoms with Crippen LogP contribution in [0.25, 0.3) is 0 Å². The molecule has 1 heterocycles. The fourth-order valence-electron chi connectivity index (χ4n) is 1.87. The van der Waals surface area contributed by atoms with E-state index in [0.717, 1.165) is 19.3 Å². The van der Waals surface area contributed by atoms with Crippen LogP contribution in [0.3, 0.4) is 0 Å². The number of amides is 1. The highest BCUT2D eigenvalue weighted by molar-refractivity contribution is 5.92. The van der Waals surface area contributed by atoms with Gasteiger partial charge in [0.05, 0.1) is 6.61 Å². The number of aliphatic hydroxyl groups excluding tert-OH is 1. The number of hydrogen-bond donors (Lipinski definition) is 2. The Morgan fingerprint density at radius 3 is 2.84 bits per heavy atom. The molecule has 2 N–H and O–H groups in total. The fourth-order valence-corrected chi connectivity index (χ4v) is 1.87. The maximum absolute atomic E-state index is 11.9. The summed E-state index contributed by atoms with van der Waals surface area (Å²) < 4.78 is 1.30. The standard InChI is InChI=1S/C13H19N3O3/c1-2-7-16-11(18)4-3-10(15-16)12(19)14-8-13(9-17)5-6-13/h3-4,17H,2,5-9H2,1H3,(H,14,19). The normalized spacial score (nSPS) is 16.1. The van der Waals surface area contributed by atoms with E-state index in [1.807, 2.05) is 6.92 Å². The number of rotatable bonds is 6. The molecular weight excluding hydrogens is 246 g/mol. The number of aryl methyl sites for hydroxylation is 1. The fraction of sp³-hybridized carbons (Fsp3) is 0.615. The smallest absolute Gasteiger partial charge is 0.271 e. The van der Waals surface area contributed by atoms with Crippen LogP contribution in [0.4, 0.5) is 0 Å². The molecule has 2 rings (SSSR count). The van der Waals surface area contributed by atoms with E-state index in [0.29, 0.717) is 13.1 Å². The summed E-state index contributed by atoms with van der Waals surface area (Å²) in [6, 6.07) is 2.79. The van der Waals surface area contributed by atoms with E-state index in [-0.39, 0.29) is 29.2 Å². The van der Waals surface area contributed by atoms with Gasteiger partial charge in [0.1, 0.15) is 5.69 Å². The van der Waals surface area contributed by atoms with E-state index in [2.05, 4.69) is 10.4 Å². The second-order valence-electron chi connectivity index (χ2n) is 5.12. The first kappa shape index (κ1) is 13.7. The van der Waals surface area contributed by atoms with Gasteiger partial charge in [-0.25, -0.2) is 4.68 Å². The van der Waals surface area contributed by atoms with Crippen molar-refractivity contribution in [3.8, 4) is 0 Å². The maximum atomic E-state index is 11.9. The topological polar surface area (TPSA) is 84.2 Å². The number of aromatic nitrogens is 2. The first-order valence-electron chi connectivity index (χ1n) is 6.57. The summed E-state index contributed by atoms with van der Waals surface area (Å²) in [6.45, 7) is 2.99. The molecule has 0 unspecified atom stereocenters. The van der Waals surface area contributed by atoms with Crippen LogP contribution in [0.15, 0.2) is 16.9 Å². The monoisotopic (exact) mass is 265 g/mol. The predicted octanol–water partition coefficient (Wildman–Crippen LogP) is 0.156. The third-order valence-electron chi connectivity index (χ3n) is 3.45. The minimum absolute atomic E-state index is 0.0933. The molecule has 6 heteroatoms. The van der Waals surface area contributed by atoms with Crippen molar-refractivity contribution in [1.29, 1.82) is 0 Å². The van der Waals surface area contributed by atoms with Crippen molar-refractivity contribution in [1.82, 2.24) is 15.1 Å². The van der Waals surface area contributed by atoms with Crippen molar-refractivity contribution in [3.63, 3.8) is 0 Å². The summed E-state index contributed by atoms with van der Waals surface area (Å²) in [5.74, 6) is -0.301. The van der Waals surface area contributed by atoms with E-state index in [1.165, 1.54) is 16.8 Å². The molecule has 0 spiro atoms. The Morgan fingerprint density at radius 2 is 2.26 bits per heavy atom. The van der Waals surface area contributed by atoms with Crippen molar-refractivity contribution >= 4 is 5.91 Å². The third-order valence-corrected chi connectivity index (χ3v) is 3.45. The second kappa shape index (κ2) is 5.52. The van der Waals surface area contributed by atoms with Crippen molar-refractivity contribution < 1.29 is 9.90 Å². The molecule has 1 aliphatic rings. The van der Waals surface area contributed by atoms with E-state index >= 15 is 0 Å². The van der Waals surface area contributed by atoms with Crippen LogP contribution in [-0.2, 0) is 6.54 Å². The summed E-state index contributed by atoms with van der Waals surface area (Å²) in [6.07, 6.45) is 2.66. The van der Waals surface area contributed by atoms with Gasteiger partial charge in [-0.05, 0) is 25.3 Å². The highest BCUT2D eigenvalue weighted by atomic mass is 16.3. The summed E-state index contributed by atoms with van der Waals surface area (Å²) in [4.78, 5) is 23.4. The summed E-state index contributed by atoms with van der Waals surface area (Å²) in [5, 5.41) is 16.0. The van der Waals surface area contributed by atoms with E-state index in [4.69, 9.17) is 0 Å². The summed E-state index contributed by atoms with van der Waals surface area (Å²) in [7, 11) is 0.